The Morgan fingerprint density at radius 2 is 2.06 bits per heavy atom. The molecule has 0 aliphatic carbocycles. The van der Waals surface area contributed by atoms with E-state index in [9.17, 15) is 4.79 Å². The number of fused-ring (bicyclic) bond motifs is 1. The van der Waals surface area contributed by atoms with Crippen LogP contribution in [0.2, 0.25) is 0 Å². The molecule has 17 heavy (non-hydrogen) atoms. The maximum absolute atomic E-state index is 11.9. The highest BCUT2D eigenvalue weighted by Crippen LogP contribution is 2.24. The number of halogens is 1. The molecule has 0 unspecified atom stereocenters. The Labute approximate surface area is 115 Å². The maximum Gasteiger partial charge on any atom is 0.257 e. The molecule has 0 spiro atoms. The molecular formula is C13H8INOS. The molecule has 3 rings (SSSR count). The Bertz CT molecular complexity index is 744. The largest absolute Gasteiger partial charge is 0.321 e. The second-order valence-electron chi connectivity index (χ2n) is 3.72. The van der Waals surface area contributed by atoms with Gasteiger partial charge in [-0.1, -0.05) is 12.1 Å². The summed E-state index contributed by atoms with van der Waals surface area (Å²) < 4.78 is 2.19. The molecule has 0 fully saturated rings. The molecule has 2 nitrogen and oxygen atoms in total. The summed E-state index contributed by atoms with van der Waals surface area (Å²) in [5, 5.41) is 2.71. The highest BCUT2D eigenvalue weighted by molar-refractivity contribution is 14.1. The third-order valence-corrected chi connectivity index (χ3v) is 4.13. The second-order valence-corrected chi connectivity index (χ2v) is 5.91. The number of rotatable bonds is 1. The normalized spacial score (nSPS) is 10.9. The lowest BCUT2D eigenvalue weighted by atomic mass is 10.1. The summed E-state index contributed by atoms with van der Waals surface area (Å²) in [6.07, 6.45) is 0. The van der Waals surface area contributed by atoms with Crippen molar-refractivity contribution in [1.29, 1.82) is 0 Å². The minimum atomic E-state index is -0.0161. The Kier molecular flexibility index (Phi) is 2.76. The van der Waals surface area contributed by atoms with Crippen molar-refractivity contribution < 1.29 is 0 Å². The fourth-order valence-electron chi connectivity index (χ4n) is 1.79. The molecule has 0 saturated carbocycles. The predicted molar refractivity (Wildman–Crippen MR) is 80.6 cm³/mol. The summed E-state index contributed by atoms with van der Waals surface area (Å²) in [5.41, 5.74) is 1.91. The van der Waals surface area contributed by atoms with E-state index in [0.717, 1.165) is 24.9 Å². The quantitative estimate of drug-likeness (QED) is 0.662. The first-order valence-corrected chi connectivity index (χ1v) is 7.06. The topological polar surface area (TPSA) is 32.9 Å². The Hall–Kier alpha value is -1.14. The standard InChI is InChI=1S/C13H8INOS/c14-9-3-1-2-8(6-9)11-7-12-10(4-5-17-12)13(16)15-11/h1-7H,(H,15,16). The molecule has 0 aliphatic heterocycles. The number of thiophene rings is 1. The lowest BCUT2D eigenvalue weighted by molar-refractivity contribution is 1.28. The monoisotopic (exact) mass is 353 g/mol. The minimum Gasteiger partial charge on any atom is -0.321 e. The van der Waals surface area contributed by atoms with Crippen molar-refractivity contribution in [3.05, 3.63) is 55.7 Å². The van der Waals surface area contributed by atoms with Crippen LogP contribution in [0.25, 0.3) is 21.3 Å². The molecule has 0 bridgehead atoms. The summed E-state index contributed by atoms with van der Waals surface area (Å²) in [5.74, 6) is 0. The van der Waals surface area contributed by atoms with Gasteiger partial charge in [0.1, 0.15) is 0 Å². The number of H-pyrrole nitrogens is 1. The molecule has 2 aromatic heterocycles. The first kappa shape index (κ1) is 11.0. The van der Waals surface area contributed by atoms with Crippen LogP contribution in [0.15, 0.2) is 46.6 Å². The van der Waals surface area contributed by atoms with E-state index >= 15 is 0 Å². The number of aromatic nitrogens is 1. The molecule has 0 amide bonds. The van der Waals surface area contributed by atoms with E-state index in [0.29, 0.717) is 0 Å². The average molecular weight is 353 g/mol. The average Bonchev–Trinajstić information content (AvgIpc) is 2.77. The van der Waals surface area contributed by atoms with Crippen LogP contribution in [-0.2, 0) is 0 Å². The van der Waals surface area contributed by atoms with E-state index in [-0.39, 0.29) is 5.56 Å². The Morgan fingerprint density at radius 1 is 1.18 bits per heavy atom. The summed E-state index contributed by atoms with van der Waals surface area (Å²) >= 11 is 3.86. The van der Waals surface area contributed by atoms with Gasteiger partial charge in [0, 0.05) is 14.0 Å². The number of nitrogens with one attached hydrogen (secondary N) is 1. The van der Waals surface area contributed by atoms with Crippen LogP contribution in [0.1, 0.15) is 0 Å². The van der Waals surface area contributed by atoms with Crippen LogP contribution in [0.3, 0.4) is 0 Å². The van der Waals surface area contributed by atoms with Crippen LogP contribution in [-0.4, -0.2) is 4.98 Å². The molecular weight excluding hydrogens is 345 g/mol. The smallest absolute Gasteiger partial charge is 0.257 e. The van der Waals surface area contributed by atoms with Gasteiger partial charge in [0.25, 0.3) is 5.56 Å². The lowest BCUT2D eigenvalue weighted by Crippen LogP contribution is -2.05. The highest BCUT2D eigenvalue weighted by atomic mass is 127. The van der Waals surface area contributed by atoms with Gasteiger partial charge in [0.05, 0.1) is 5.39 Å². The van der Waals surface area contributed by atoms with Gasteiger partial charge in [-0.2, -0.15) is 0 Å². The van der Waals surface area contributed by atoms with Crippen molar-refractivity contribution in [2.45, 2.75) is 0 Å². The molecule has 0 saturated heterocycles. The van der Waals surface area contributed by atoms with Crippen molar-refractivity contribution in [3.8, 4) is 11.3 Å². The van der Waals surface area contributed by atoms with Crippen molar-refractivity contribution in [2.75, 3.05) is 0 Å². The van der Waals surface area contributed by atoms with Crippen LogP contribution >= 0.6 is 33.9 Å². The van der Waals surface area contributed by atoms with E-state index in [1.165, 1.54) is 0 Å². The van der Waals surface area contributed by atoms with Gasteiger partial charge >= 0.3 is 0 Å². The summed E-state index contributed by atoms with van der Waals surface area (Å²) in [4.78, 5) is 14.8. The lowest BCUT2D eigenvalue weighted by Gasteiger charge is -2.02. The van der Waals surface area contributed by atoms with Gasteiger partial charge in [0.15, 0.2) is 0 Å². The van der Waals surface area contributed by atoms with Crippen molar-refractivity contribution in [2.24, 2.45) is 0 Å². The van der Waals surface area contributed by atoms with Gasteiger partial charge in [-0.25, -0.2) is 0 Å². The van der Waals surface area contributed by atoms with E-state index in [1.807, 2.05) is 35.7 Å². The molecule has 1 aromatic carbocycles. The van der Waals surface area contributed by atoms with E-state index in [2.05, 4.69) is 33.6 Å². The Morgan fingerprint density at radius 3 is 2.88 bits per heavy atom. The summed E-state index contributed by atoms with van der Waals surface area (Å²) in [6, 6.07) is 12.0. The minimum absolute atomic E-state index is 0.0161. The van der Waals surface area contributed by atoms with Gasteiger partial charge in [0.2, 0.25) is 0 Å². The molecule has 0 atom stereocenters. The number of hydrogen-bond acceptors (Lipinski definition) is 2. The molecule has 2 heterocycles. The van der Waals surface area contributed by atoms with Crippen LogP contribution < -0.4 is 5.56 Å². The Balaban J connectivity index is 2.27. The van der Waals surface area contributed by atoms with E-state index < -0.39 is 0 Å². The maximum atomic E-state index is 11.9. The van der Waals surface area contributed by atoms with Gasteiger partial charge in [-0.15, -0.1) is 11.3 Å². The first-order valence-electron chi connectivity index (χ1n) is 5.10. The zero-order valence-corrected chi connectivity index (χ0v) is 11.7. The van der Waals surface area contributed by atoms with Gasteiger partial charge in [-0.05, 0) is 57.8 Å². The highest BCUT2D eigenvalue weighted by Gasteiger charge is 2.05. The first-order chi connectivity index (χ1) is 8.24. The van der Waals surface area contributed by atoms with Crippen LogP contribution in [0.5, 0.6) is 0 Å². The van der Waals surface area contributed by atoms with Crippen LogP contribution in [0, 0.1) is 3.57 Å². The SMILES string of the molecule is O=c1[nH]c(-c2cccc(I)c2)cc2sccc12. The summed E-state index contributed by atoms with van der Waals surface area (Å²) in [7, 11) is 0. The molecule has 4 heteroatoms. The zero-order valence-electron chi connectivity index (χ0n) is 8.74. The van der Waals surface area contributed by atoms with Crippen molar-refractivity contribution >= 4 is 44.0 Å². The molecule has 1 N–H and O–H groups in total. The molecule has 0 radical (unpaired) electrons. The number of aromatic amines is 1. The van der Waals surface area contributed by atoms with E-state index in [1.54, 1.807) is 11.3 Å². The van der Waals surface area contributed by atoms with E-state index in [4.69, 9.17) is 0 Å². The fourth-order valence-corrected chi connectivity index (χ4v) is 3.16. The van der Waals surface area contributed by atoms with Crippen molar-refractivity contribution in [3.63, 3.8) is 0 Å². The van der Waals surface area contributed by atoms with Gasteiger partial charge in [-0.3, -0.25) is 4.79 Å². The number of pyridine rings is 1. The molecule has 3 aromatic rings. The fraction of sp³-hybridized carbons (Fsp3) is 0. The number of hydrogen-bond donors (Lipinski definition) is 1. The summed E-state index contributed by atoms with van der Waals surface area (Å²) in [6.45, 7) is 0. The van der Waals surface area contributed by atoms with Crippen molar-refractivity contribution in [1.82, 2.24) is 4.98 Å². The molecule has 0 aliphatic rings. The van der Waals surface area contributed by atoms with Gasteiger partial charge < -0.3 is 4.98 Å². The second kappa shape index (κ2) is 4.27. The predicted octanol–water partition coefficient (Wildman–Crippen LogP) is 3.86. The zero-order chi connectivity index (χ0) is 11.8. The third-order valence-electron chi connectivity index (χ3n) is 2.60. The number of benzene rings is 1. The third kappa shape index (κ3) is 2.02. The van der Waals surface area contributed by atoms with Crippen LogP contribution in [0.4, 0.5) is 0 Å². The molecule has 84 valence electrons.